The molecule has 0 amide bonds. The van der Waals surface area contributed by atoms with Crippen molar-refractivity contribution in [2.75, 3.05) is 25.5 Å². The Morgan fingerprint density at radius 2 is 2.06 bits per heavy atom. The Labute approximate surface area is 268 Å². The molecule has 10 nitrogen and oxygen atoms in total. The Balaban J connectivity index is 0.000000334. The summed E-state index contributed by atoms with van der Waals surface area (Å²) in [4.78, 5) is 31.7. The average molecular weight is 641 g/mol. The van der Waals surface area contributed by atoms with Crippen LogP contribution in [0.2, 0.25) is 0 Å². The summed E-state index contributed by atoms with van der Waals surface area (Å²) >= 11 is 0. The first-order valence-corrected chi connectivity index (χ1v) is 15.7. The van der Waals surface area contributed by atoms with Crippen LogP contribution in [0.15, 0.2) is 64.1 Å². The molecular formula is C35H34F2N6O4. The number of aromatic amines is 1. The fraction of sp³-hybridized carbons (Fsp3) is 0.314. The van der Waals surface area contributed by atoms with Crippen molar-refractivity contribution in [2.24, 2.45) is 0 Å². The standard InChI is InChI=1S/C28H22FN5O4.C7H12FN/c1-3-17-20(29)7-6-14-9-16(35)10-19(23(14)17)22-11-21-24(27(36)38-22)26(34-28(33-21)37-2)32-13-15-12-31-25-18(15)5-4-8-30-25;8-6-4-7-2-1-3-9(7)5-6/h4-12,35H,3,13H2,1-2H3,(H,30,31)(H,32,33,34);6-7H,1-5H2. The SMILES string of the molecule is CCc1c(F)ccc2cc(O)cc(-c3cc4nc(OC)nc(NCc5c[nH]c6ncccc56)c4c(=O)o3)c12.FC1CC2CCCN2C1. The Hall–Kier alpha value is -5.10. The van der Waals surface area contributed by atoms with Crippen LogP contribution >= 0.6 is 0 Å². The topological polar surface area (TPSA) is 129 Å². The number of ether oxygens (including phenoxy) is 1. The number of anilines is 1. The van der Waals surface area contributed by atoms with Crippen molar-refractivity contribution in [3.63, 3.8) is 0 Å². The number of fused-ring (bicyclic) bond motifs is 4. The fourth-order valence-corrected chi connectivity index (χ4v) is 6.82. The van der Waals surface area contributed by atoms with Gasteiger partial charge in [-0.2, -0.15) is 9.97 Å². The number of hydrogen-bond donors (Lipinski definition) is 3. The van der Waals surface area contributed by atoms with Crippen molar-refractivity contribution in [3.8, 4) is 23.1 Å². The number of halogens is 2. The smallest absolute Gasteiger partial charge is 0.349 e. The number of H-pyrrole nitrogens is 1. The first kappa shape index (κ1) is 30.5. The molecule has 2 aliphatic heterocycles. The molecule has 0 saturated carbocycles. The highest BCUT2D eigenvalue weighted by Gasteiger charge is 2.34. The minimum absolute atomic E-state index is 0.0419. The van der Waals surface area contributed by atoms with Crippen LogP contribution in [0, 0.1) is 5.82 Å². The molecule has 2 unspecified atom stereocenters. The zero-order chi connectivity index (χ0) is 32.7. The third-order valence-electron chi connectivity index (χ3n) is 8.99. The Bertz CT molecular complexity index is 2150. The van der Waals surface area contributed by atoms with Crippen LogP contribution in [0.1, 0.15) is 37.3 Å². The maximum atomic E-state index is 14.7. The second kappa shape index (κ2) is 12.6. The summed E-state index contributed by atoms with van der Waals surface area (Å²) in [7, 11) is 1.43. The molecule has 0 spiro atoms. The molecule has 242 valence electrons. The molecule has 8 rings (SSSR count). The van der Waals surface area contributed by atoms with Gasteiger partial charge in [-0.1, -0.05) is 13.0 Å². The fourth-order valence-electron chi connectivity index (χ4n) is 6.82. The molecule has 2 fully saturated rings. The number of benzene rings is 2. The van der Waals surface area contributed by atoms with E-state index in [1.165, 1.54) is 32.1 Å². The molecule has 3 N–H and O–H groups in total. The van der Waals surface area contributed by atoms with Crippen molar-refractivity contribution in [2.45, 2.75) is 51.4 Å². The predicted molar refractivity (Wildman–Crippen MR) is 176 cm³/mol. The summed E-state index contributed by atoms with van der Waals surface area (Å²) < 4.78 is 38.3. The Morgan fingerprint density at radius 1 is 1.19 bits per heavy atom. The second-order valence-electron chi connectivity index (χ2n) is 11.9. The van der Waals surface area contributed by atoms with Crippen molar-refractivity contribution in [1.82, 2.24) is 24.8 Å². The van der Waals surface area contributed by atoms with Gasteiger partial charge in [-0.25, -0.2) is 18.6 Å². The quantitative estimate of drug-likeness (QED) is 0.187. The third kappa shape index (κ3) is 5.85. The van der Waals surface area contributed by atoms with Gasteiger partial charge in [0.25, 0.3) is 0 Å². The van der Waals surface area contributed by atoms with Gasteiger partial charge in [-0.15, -0.1) is 0 Å². The number of phenolic OH excluding ortho intramolecular Hbond substituents is 1. The number of aromatic hydroxyl groups is 1. The molecule has 6 heterocycles. The molecule has 0 aliphatic carbocycles. The summed E-state index contributed by atoms with van der Waals surface area (Å²) in [6.45, 7) is 4.04. The average Bonchev–Trinajstić information content (AvgIpc) is 3.78. The van der Waals surface area contributed by atoms with E-state index in [-0.39, 0.29) is 40.1 Å². The van der Waals surface area contributed by atoms with E-state index in [0.29, 0.717) is 47.5 Å². The van der Waals surface area contributed by atoms with Crippen molar-refractivity contribution in [1.29, 1.82) is 0 Å². The van der Waals surface area contributed by atoms with Crippen LogP contribution in [0.4, 0.5) is 14.6 Å². The molecule has 6 aromatic rings. The number of pyridine rings is 1. The molecule has 47 heavy (non-hydrogen) atoms. The summed E-state index contributed by atoms with van der Waals surface area (Å²) in [5.74, 6) is -0.0395. The number of nitrogens with one attached hydrogen (secondary N) is 2. The highest BCUT2D eigenvalue weighted by atomic mass is 19.1. The van der Waals surface area contributed by atoms with E-state index in [0.717, 1.165) is 29.6 Å². The molecule has 12 heteroatoms. The van der Waals surface area contributed by atoms with Gasteiger partial charge in [0, 0.05) is 48.5 Å². The van der Waals surface area contributed by atoms with E-state index >= 15 is 0 Å². The van der Waals surface area contributed by atoms with Crippen LogP contribution < -0.4 is 15.7 Å². The number of phenols is 1. The number of aromatic nitrogens is 4. The van der Waals surface area contributed by atoms with Crippen LogP contribution in [0.25, 0.3) is 44.0 Å². The van der Waals surface area contributed by atoms with Crippen LogP contribution in [-0.4, -0.2) is 62.4 Å². The second-order valence-corrected chi connectivity index (χ2v) is 11.9. The van der Waals surface area contributed by atoms with E-state index < -0.39 is 11.8 Å². The van der Waals surface area contributed by atoms with Gasteiger partial charge in [0.2, 0.25) is 0 Å². The van der Waals surface area contributed by atoms with Crippen LogP contribution in [0.5, 0.6) is 11.8 Å². The maximum Gasteiger partial charge on any atom is 0.349 e. The van der Waals surface area contributed by atoms with E-state index in [1.807, 2.05) is 25.3 Å². The van der Waals surface area contributed by atoms with Gasteiger partial charge in [0.05, 0.1) is 12.6 Å². The van der Waals surface area contributed by atoms with Gasteiger partial charge >= 0.3 is 11.6 Å². The van der Waals surface area contributed by atoms with Gasteiger partial charge in [0.15, 0.2) is 0 Å². The maximum absolute atomic E-state index is 14.7. The Kier molecular flexibility index (Phi) is 8.19. The summed E-state index contributed by atoms with van der Waals surface area (Å²) in [5, 5.41) is 15.8. The molecular weight excluding hydrogens is 606 g/mol. The third-order valence-corrected chi connectivity index (χ3v) is 8.99. The molecule has 2 atom stereocenters. The van der Waals surface area contributed by atoms with E-state index in [4.69, 9.17) is 9.15 Å². The molecule has 0 radical (unpaired) electrons. The van der Waals surface area contributed by atoms with Crippen molar-refractivity contribution < 1.29 is 23.0 Å². The van der Waals surface area contributed by atoms with Gasteiger partial charge in [0.1, 0.15) is 40.3 Å². The number of methoxy groups -OCH3 is 1. The lowest BCUT2D eigenvalue weighted by Crippen LogP contribution is -2.22. The predicted octanol–water partition coefficient (Wildman–Crippen LogP) is 6.50. The summed E-state index contributed by atoms with van der Waals surface area (Å²) in [5.41, 5.74) is 2.11. The number of hydrogen-bond acceptors (Lipinski definition) is 9. The van der Waals surface area contributed by atoms with Gasteiger partial charge < -0.3 is 24.6 Å². The van der Waals surface area contributed by atoms with Crippen molar-refractivity contribution in [3.05, 3.63) is 82.2 Å². The monoisotopic (exact) mass is 640 g/mol. The minimum Gasteiger partial charge on any atom is -0.508 e. The Morgan fingerprint density at radius 3 is 2.87 bits per heavy atom. The number of alkyl halides is 1. The normalized spacial score (nSPS) is 17.6. The summed E-state index contributed by atoms with van der Waals surface area (Å²) in [6, 6.07) is 12.0. The van der Waals surface area contributed by atoms with Crippen LogP contribution in [-0.2, 0) is 13.0 Å². The molecule has 0 bridgehead atoms. The van der Waals surface area contributed by atoms with E-state index in [9.17, 15) is 18.7 Å². The first-order valence-electron chi connectivity index (χ1n) is 15.7. The molecule has 2 aliphatic rings. The number of aryl methyl sites for hydroxylation is 1. The zero-order valence-corrected chi connectivity index (χ0v) is 26.0. The number of rotatable bonds is 6. The zero-order valence-electron chi connectivity index (χ0n) is 26.0. The molecule has 4 aromatic heterocycles. The largest absolute Gasteiger partial charge is 0.508 e. The van der Waals surface area contributed by atoms with Crippen LogP contribution in [0.3, 0.4) is 0 Å². The number of nitrogens with zero attached hydrogens (tertiary/aromatic N) is 4. The molecule has 2 saturated heterocycles. The lowest BCUT2D eigenvalue weighted by Gasteiger charge is -2.13. The van der Waals surface area contributed by atoms with Crippen molar-refractivity contribution >= 4 is 38.5 Å². The lowest BCUT2D eigenvalue weighted by molar-refractivity contribution is 0.292. The van der Waals surface area contributed by atoms with Gasteiger partial charge in [-0.05, 0) is 84.5 Å². The lowest BCUT2D eigenvalue weighted by atomic mass is 9.95. The highest BCUT2D eigenvalue weighted by molar-refractivity contribution is 6.01. The van der Waals surface area contributed by atoms with E-state index in [1.54, 1.807) is 24.4 Å². The summed E-state index contributed by atoms with van der Waals surface area (Å²) in [6.07, 6.45) is 6.76. The first-order chi connectivity index (χ1) is 22.8. The molecule has 2 aromatic carbocycles. The highest BCUT2D eigenvalue weighted by Crippen LogP contribution is 2.37. The van der Waals surface area contributed by atoms with E-state index in [2.05, 4.69) is 30.2 Å². The minimum atomic E-state index is -0.686. The van der Waals surface area contributed by atoms with Gasteiger partial charge in [-0.3, -0.25) is 4.90 Å².